The molecule has 2 unspecified atom stereocenters. The number of hydrogen-bond acceptors (Lipinski definition) is 3. The molecule has 0 amide bonds. The lowest BCUT2D eigenvalue weighted by Gasteiger charge is -2.02. The number of rotatable bonds is 3. The summed E-state index contributed by atoms with van der Waals surface area (Å²) in [6.07, 6.45) is 2.61. The van der Waals surface area contributed by atoms with Gasteiger partial charge in [-0.15, -0.1) is 0 Å². The Bertz CT molecular complexity index is 381. The fourth-order valence-corrected chi connectivity index (χ4v) is 2.23. The summed E-state index contributed by atoms with van der Waals surface area (Å²) in [4.78, 5) is 15.7. The summed E-state index contributed by atoms with van der Waals surface area (Å²) in [5.74, 6) is 0.149. The Morgan fingerprint density at radius 1 is 1.73 bits per heavy atom. The first-order chi connectivity index (χ1) is 7.24. The molecule has 1 aliphatic rings. The van der Waals surface area contributed by atoms with Crippen molar-refractivity contribution in [2.24, 2.45) is 5.92 Å². The van der Waals surface area contributed by atoms with Crippen molar-refractivity contribution >= 4 is 21.9 Å². The van der Waals surface area contributed by atoms with E-state index in [9.17, 15) is 4.79 Å². The van der Waals surface area contributed by atoms with Gasteiger partial charge in [-0.2, -0.15) is 0 Å². The van der Waals surface area contributed by atoms with Gasteiger partial charge in [0.15, 0.2) is 0 Å². The maximum absolute atomic E-state index is 11.4. The summed E-state index contributed by atoms with van der Waals surface area (Å²) < 4.78 is 5.95. The van der Waals surface area contributed by atoms with Gasteiger partial charge in [-0.3, -0.25) is 9.78 Å². The van der Waals surface area contributed by atoms with Crippen LogP contribution < -0.4 is 0 Å². The van der Waals surface area contributed by atoms with Crippen molar-refractivity contribution in [3.8, 4) is 0 Å². The van der Waals surface area contributed by atoms with Crippen LogP contribution in [0.5, 0.6) is 0 Å². The molecule has 2 atom stereocenters. The topological polar surface area (TPSA) is 39.2 Å². The standard InChI is InChI=1S/C11H12BrNO2/c1-2-15-11(14)8-6-7(8)10-9(12)4-3-5-13-10/h3-5,7-8H,2,6H2,1H3. The summed E-state index contributed by atoms with van der Waals surface area (Å²) in [5.41, 5.74) is 0.968. The summed E-state index contributed by atoms with van der Waals surface area (Å²) in [7, 11) is 0. The fourth-order valence-electron chi connectivity index (χ4n) is 1.68. The molecule has 80 valence electrons. The van der Waals surface area contributed by atoms with Gasteiger partial charge in [0.05, 0.1) is 18.2 Å². The second kappa shape index (κ2) is 4.31. The third-order valence-electron chi connectivity index (χ3n) is 2.52. The molecule has 1 heterocycles. The maximum atomic E-state index is 11.4. The largest absolute Gasteiger partial charge is 0.466 e. The normalized spacial score (nSPS) is 23.6. The molecular weight excluding hydrogens is 258 g/mol. The SMILES string of the molecule is CCOC(=O)C1CC1c1ncccc1Br. The van der Waals surface area contributed by atoms with E-state index in [0.29, 0.717) is 6.61 Å². The second-order valence-electron chi connectivity index (χ2n) is 3.57. The average molecular weight is 270 g/mol. The molecule has 1 aliphatic carbocycles. The highest BCUT2D eigenvalue weighted by Gasteiger charge is 2.46. The van der Waals surface area contributed by atoms with Gasteiger partial charge < -0.3 is 4.74 Å². The van der Waals surface area contributed by atoms with Crippen molar-refractivity contribution in [2.45, 2.75) is 19.3 Å². The Labute approximate surface area is 97.0 Å². The fraction of sp³-hybridized carbons (Fsp3) is 0.455. The monoisotopic (exact) mass is 269 g/mol. The molecular formula is C11H12BrNO2. The van der Waals surface area contributed by atoms with Crippen molar-refractivity contribution in [3.05, 3.63) is 28.5 Å². The molecule has 0 N–H and O–H groups in total. The minimum Gasteiger partial charge on any atom is -0.466 e. The lowest BCUT2D eigenvalue weighted by Crippen LogP contribution is -2.07. The van der Waals surface area contributed by atoms with Gasteiger partial charge in [-0.1, -0.05) is 0 Å². The third-order valence-corrected chi connectivity index (χ3v) is 3.19. The molecule has 1 saturated carbocycles. The molecule has 0 bridgehead atoms. The molecule has 0 aromatic carbocycles. The number of esters is 1. The van der Waals surface area contributed by atoms with Crippen molar-refractivity contribution in [2.75, 3.05) is 6.61 Å². The van der Waals surface area contributed by atoms with Gasteiger partial charge in [0.2, 0.25) is 0 Å². The zero-order valence-electron chi connectivity index (χ0n) is 8.44. The van der Waals surface area contributed by atoms with Crippen molar-refractivity contribution < 1.29 is 9.53 Å². The van der Waals surface area contributed by atoms with Crippen LogP contribution in [0.25, 0.3) is 0 Å². The van der Waals surface area contributed by atoms with Crippen LogP contribution in [0, 0.1) is 5.92 Å². The lowest BCUT2D eigenvalue weighted by molar-refractivity contribution is -0.144. The number of ether oxygens (including phenoxy) is 1. The average Bonchev–Trinajstić information content (AvgIpc) is 2.98. The number of halogens is 1. The molecule has 0 aliphatic heterocycles. The van der Waals surface area contributed by atoms with E-state index in [1.807, 2.05) is 19.1 Å². The Morgan fingerprint density at radius 2 is 2.53 bits per heavy atom. The van der Waals surface area contributed by atoms with Crippen molar-refractivity contribution in [3.63, 3.8) is 0 Å². The van der Waals surface area contributed by atoms with Crippen LogP contribution in [0.15, 0.2) is 22.8 Å². The van der Waals surface area contributed by atoms with Crippen LogP contribution in [-0.4, -0.2) is 17.6 Å². The van der Waals surface area contributed by atoms with E-state index in [-0.39, 0.29) is 17.8 Å². The van der Waals surface area contributed by atoms with Crippen molar-refractivity contribution in [1.29, 1.82) is 0 Å². The third kappa shape index (κ3) is 2.20. The Morgan fingerprint density at radius 3 is 3.20 bits per heavy atom. The van der Waals surface area contributed by atoms with Gasteiger partial charge in [0, 0.05) is 16.6 Å². The van der Waals surface area contributed by atoms with Gasteiger partial charge >= 0.3 is 5.97 Å². The zero-order valence-corrected chi connectivity index (χ0v) is 10.0. The first kappa shape index (κ1) is 10.6. The minimum atomic E-state index is -0.0972. The highest BCUT2D eigenvalue weighted by atomic mass is 79.9. The number of pyridine rings is 1. The second-order valence-corrected chi connectivity index (χ2v) is 4.43. The van der Waals surface area contributed by atoms with Crippen LogP contribution in [0.3, 0.4) is 0 Å². The van der Waals surface area contributed by atoms with Gasteiger partial charge in [-0.25, -0.2) is 0 Å². The van der Waals surface area contributed by atoms with E-state index in [0.717, 1.165) is 16.6 Å². The molecule has 1 aromatic rings. The van der Waals surface area contributed by atoms with Gasteiger partial charge in [-0.05, 0) is 41.4 Å². The molecule has 4 heteroatoms. The number of aromatic nitrogens is 1. The number of hydrogen-bond donors (Lipinski definition) is 0. The molecule has 2 rings (SSSR count). The van der Waals surface area contributed by atoms with Gasteiger partial charge in [0.25, 0.3) is 0 Å². The smallest absolute Gasteiger partial charge is 0.309 e. The quantitative estimate of drug-likeness (QED) is 0.792. The number of carbonyl (C=O) groups excluding carboxylic acids is 1. The number of nitrogens with zero attached hydrogens (tertiary/aromatic N) is 1. The molecule has 1 fully saturated rings. The highest BCUT2D eigenvalue weighted by Crippen LogP contribution is 2.49. The highest BCUT2D eigenvalue weighted by molar-refractivity contribution is 9.10. The van der Waals surface area contributed by atoms with E-state index >= 15 is 0 Å². The van der Waals surface area contributed by atoms with Crippen LogP contribution in [0.4, 0.5) is 0 Å². The Hall–Kier alpha value is -0.900. The number of carbonyl (C=O) groups is 1. The summed E-state index contributed by atoms with van der Waals surface area (Å²) in [6.45, 7) is 2.28. The van der Waals surface area contributed by atoms with Crippen LogP contribution >= 0.6 is 15.9 Å². The molecule has 15 heavy (non-hydrogen) atoms. The first-order valence-electron chi connectivity index (χ1n) is 5.01. The van der Waals surface area contributed by atoms with Gasteiger partial charge in [0.1, 0.15) is 0 Å². The Balaban J connectivity index is 2.05. The lowest BCUT2D eigenvalue weighted by atomic mass is 10.2. The predicted molar refractivity (Wildman–Crippen MR) is 59.4 cm³/mol. The summed E-state index contributed by atoms with van der Waals surface area (Å²) in [6, 6.07) is 3.82. The Kier molecular flexibility index (Phi) is 3.05. The molecule has 0 saturated heterocycles. The summed E-state index contributed by atoms with van der Waals surface area (Å²) >= 11 is 3.44. The van der Waals surface area contributed by atoms with Crippen LogP contribution in [0.2, 0.25) is 0 Å². The van der Waals surface area contributed by atoms with E-state index in [4.69, 9.17) is 4.74 Å². The molecule has 0 radical (unpaired) electrons. The van der Waals surface area contributed by atoms with E-state index in [1.54, 1.807) is 6.20 Å². The molecule has 0 spiro atoms. The van der Waals surface area contributed by atoms with Crippen molar-refractivity contribution in [1.82, 2.24) is 4.98 Å². The maximum Gasteiger partial charge on any atom is 0.309 e. The van der Waals surface area contributed by atoms with Crippen LogP contribution in [-0.2, 0) is 9.53 Å². The molecule has 1 aromatic heterocycles. The first-order valence-corrected chi connectivity index (χ1v) is 5.80. The predicted octanol–water partition coefficient (Wildman–Crippen LogP) is 2.51. The van der Waals surface area contributed by atoms with E-state index < -0.39 is 0 Å². The van der Waals surface area contributed by atoms with Crippen LogP contribution in [0.1, 0.15) is 25.0 Å². The minimum absolute atomic E-state index is 0.0103. The van der Waals surface area contributed by atoms with E-state index in [1.165, 1.54) is 0 Å². The zero-order chi connectivity index (χ0) is 10.8. The van der Waals surface area contributed by atoms with E-state index in [2.05, 4.69) is 20.9 Å². The summed E-state index contributed by atoms with van der Waals surface area (Å²) in [5, 5.41) is 0. The molecule has 3 nitrogen and oxygen atoms in total.